The molecule has 1 aliphatic heterocycles. The normalized spacial score (nSPS) is 16.7. The van der Waals surface area contributed by atoms with Crippen LogP contribution < -0.4 is 24.8 Å². The van der Waals surface area contributed by atoms with Crippen LogP contribution in [0, 0.1) is 0 Å². The van der Waals surface area contributed by atoms with Gasteiger partial charge in [0.2, 0.25) is 0 Å². The molecule has 6 nitrogen and oxygen atoms in total. The maximum Gasteiger partial charge on any atom is 0.319 e. The van der Waals surface area contributed by atoms with Crippen LogP contribution in [0.2, 0.25) is 0 Å². The van der Waals surface area contributed by atoms with Gasteiger partial charge in [-0.05, 0) is 42.7 Å². The van der Waals surface area contributed by atoms with Crippen LogP contribution in [0.25, 0.3) is 0 Å². The lowest BCUT2D eigenvalue weighted by atomic mass is 10.1. The van der Waals surface area contributed by atoms with Crippen molar-refractivity contribution in [1.29, 1.82) is 0 Å². The largest absolute Gasteiger partial charge is 0.497 e. The molecule has 1 fully saturated rings. The number of amides is 2. The molecule has 0 bridgehead atoms. The van der Waals surface area contributed by atoms with E-state index in [9.17, 15) is 4.79 Å². The first-order valence-electron chi connectivity index (χ1n) is 8.32. The molecule has 2 aromatic carbocycles. The molecule has 4 rings (SSSR count). The second-order valence-corrected chi connectivity index (χ2v) is 6.25. The van der Waals surface area contributed by atoms with E-state index in [1.807, 2.05) is 24.3 Å². The molecule has 1 saturated carbocycles. The SMILES string of the molecule is COc1ccc(C2(NC(=O)Nc3ccc4c(c3)OCCO4)CC2)cc1. The van der Waals surface area contributed by atoms with Gasteiger partial charge in [0.25, 0.3) is 0 Å². The summed E-state index contributed by atoms with van der Waals surface area (Å²) < 4.78 is 16.2. The number of hydrogen-bond acceptors (Lipinski definition) is 4. The molecule has 130 valence electrons. The molecule has 0 radical (unpaired) electrons. The molecular weight excluding hydrogens is 320 g/mol. The summed E-state index contributed by atoms with van der Waals surface area (Å²) in [5.41, 5.74) is 1.47. The number of anilines is 1. The molecule has 0 aromatic heterocycles. The van der Waals surface area contributed by atoms with Crippen LogP contribution >= 0.6 is 0 Å². The monoisotopic (exact) mass is 340 g/mol. The Kier molecular flexibility index (Phi) is 3.87. The number of fused-ring (bicyclic) bond motifs is 1. The molecular formula is C19H20N2O4. The van der Waals surface area contributed by atoms with E-state index in [2.05, 4.69) is 10.6 Å². The molecule has 0 unspecified atom stereocenters. The predicted octanol–water partition coefficient (Wildman–Crippen LogP) is 3.28. The van der Waals surface area contributed by atoms with Gasteiger partial charge in [0.1, 0.15) is 19.0 Å². The third kappa shape index (κ3) is 3.20. The summed E-state index contributed by atoms with van der Waals surface area (Å²) in [5, 5.41) is 5.96. The van der Waals surface area contributed by atoms with E-state index in [1.54, 1.807) is 25.3 Å². The van der Waals surface area contributed by atoms with E-state index in [0.29, 0.717) is 30.4 Å². The lowest BCUT2D eigenvalue weighted by molar-refractivity contribution is 0.171. The van der Waals surface area contributed by atoms with Crippen molar-refractivity contribution in [3.63, 3.8) is 0 Å². The van der Waals surface area contributed by atoms with Gasteiger partial charge < -0.3 is 24.8 Å². The molecule has 0 atom stereocenters. The van der Waals surface area contributed by atoms with Crippen molar-refractivity contribution in [2.75, 3.05) is 25.6 Å². The van der Waals surface area contributed by atoms with Crippen molar-refractivity contribution in [2.45, 2.75) is 18.4 Å². The molecule has 2 amide bonds. The van der Waals surface area contributed by atoms with Gasteiger partial charge in [-0.2, -0.15) is 0 Å². The third-order valence-corrected chi connectivity index (χ3v) is 4.55. The summed E-state index contributed by atoms with van der Waals surface area (Å²) >= 11 is 0. The molecule has 2 N–H and O–H groups in total. The first-order chi connectivity index (χ1) is 12.2. The minimum Gasteiger partial charge on any atom is -0.497 e. The van der Waals surface area contributed by atoms with Crippen molar-refractivity contribution in [3.8, 4) is 17.2 Å². The molecule has 2 aromatic rings. The minimum atomic E-state index is -0.288. The average Bonchev–Trinajstić information content (AvgIpc) is 3.42. The smallest absolute Gasteiger partial charge is 0.319 e. The lowest BCUT2D eigenvalue weighted by Gasteiger charge is -2.21. The highest BCUT2D eigenvalue weighted by molar-refractivity contribution is 5.90. The molecule has 2 aliphatic rings. The van der Waals surface area contributed by atoms with Gasteiger partial charge in [0.15, 0.2) is 11.5 Å². The second-order valence-electron chi connectivity index (χ2n) is 6.25. The van der Waals surface area contributed by atoms with Crippen LogP contribution in [-0.4, -0.2) is 26.4 Å². The summed E-state index contributed by atoms with van der Waals surface area (Å²) in [7, 11) is 1.64. The molecule has 0 spiro atoms. The number of hydrogen-bond donors (Lipinski definition) is 2. The number of carbonyl (C=O) groups is 1. The van der Waals surface area contributed by atoms with Crippen LogP contribution in [0.15, 0.2) is 42.5 Å². The number of benzene rings is 2. The number of ether oxygens (including phenoxy) is 3. The van der Waals surface area contributed by atoms with Crippen LogP contribution in [-0.2, 0) is 5.54 Å². The van der Waals surface area contributed by atoms with E-state index in [1.165, 1.54) is 0 Å². The Balaban J connectivity index is 1.43. The number of nitrogens with one attached hydrogen (secondary N) is 2. The van der Waals surface area contributed by atoms with E-state index in [4.69, 9.17) is 14.2 Å². The maximum absolute atomic E-state index is 12.4. The quantitative estimate of drug-likeness (QED) is 0.896. The Morgan fingerprint density at radius 3 is 2.44 bits per heavy atom. The standard InChI is InChI=1S/C19H20N2O4/c1-23-15-5-2-13(3-6-15)19(8-9-19)21-18(22)20-14-4-7-16-17(12-14)25-11-10-24-16/h2-7,12H,8-11H2,1H3,(H2,20,21,22). The van der Waals surface area contributed by atoms with Gasteiger partial charge in [-0.1, -0.05) is 12.1 Å². The highest BCUT2D eigenvalue weighted by Crippen LogP contribution is 2.45. The Hall–Kier alpha value is -2.89. The van der Waals surface area contributed by atoms with Gasteiger partial charge >= 0.3 is 6.03 Å². The zero-order valence-corrected chi connectivity index (χ0v) is 14.0. The Labute approximate surface area is 146 Å². The highest BCUT2D eigenvalue weighted by Gasteiger charge is 2.45. The van der Waals surface area contributed by atoms with E-state index < -0.39 is 0 Å². The fourth-order valence-electron chi connectivity index (χ4n) is 3.02. The van der Waals surface area contributed by atoms with Gasteiger partial charge in [-0.3, -0.25) is 0 Å². The molecule has 6 heteroatoms. The Morgan fingerprint density at radius 1 is 1.04 bits per heavy atom. The number of carbonyl (C=O) groups excluding carboxylic acids is 1. The maximum atomic E-state index is 12.4. The number of rotatable bonds is 4. The molecule has 25 heavy (non-hydrogen) atoms. The lowest BCUT2D eigenvalue weighted by Crippen LogP contribution is -2.38. The van der Waals surface area contributed by atoms with Gasteiger partial charge in [-0.25, -0.2) is 4.79 Å². The minimum absolute atomic E-state index is 0.231. The van der Waals surface area contributed by atoms with Crippen LogP contribution in [0.1, 0.15) is 18.4 Å². The molecule has 0 saturated heterocycles. The molecule has 1 heterocycles. The summed E-state index contributed by atoms with van der Waals surface area (Å²) in [5.74, 6) is 2.16. The van der Waals surface area contributed by atoms with E-state index in [0.717, 1.165) is 24.2 Å². The van der Waals surface area contributed by atoms with Crippen LogP contribution in [0.5, 0.6) is 17.2 Å². The van der Waals surface area contributed by atoms with Crippen molar-refractivity contribution >= 4 is 11.7 Å². The summed E-state index contributed by atoms with van der Waals surface area (Å²) in [6, 6.07) is 13.0. The topological polar surface area (TPSA) is 68.8 Å². The van der Waals surface area contributed by atoms with Crippen molar-refractivity contribution in [2.24, 2.45) is 0 Å². The first kappa shape index (κ1) is 15.6. The van der Waals surface area contributed by atoms with E-state index >= 15 is 0 Å². The summed E-state index contributed by atoms with van der Waals surface area (Å²) in [6.07, 6.45) is 1.85. The fraction of sp³-hybridized carbons (Fsp3) is 0.316. The average molecular weight is 340 g/mol. The molecule has 1 aliphatic carbocycles. The van der Waals surface area contributed by atoms with Crippen molar-refractivity contribution in [3.05, 3.63) is 48.0 Å². The highest BCUT2D eigenvalue weighted by atomic mass is 16.6. The fourth-order valence-corrected chi connectivity index (χ4v) is 3.02. The zero-order valence-electron chi connectivity index (χ0n) is 14.0. The van der Waals surface area contributed by atoms with E-state index in [-0.39, 0.29) is 11.6 Å². The van der Waals surface area contributed by atoms with Gasteiger partial charge in [0, 0.05) is 11.8 Å². The predicted molar refractivity (Wildman–Crippen MR) is 93.5 cm³/mol. The van der Waals surface area contributed by atoms with Crippen molar-refractivity contribution < 1.29 is 19.0 Å². The van der Waals surface area contributed by atoms with Crippen LogP contribution in [0.4, 0.5) is 10.5 Å². The Bertz CT molecular complexity index is 785. The second kappa shape index (κ2) is 6.20. The van der Waals surface area contributed by atoms with Gasteiger partial charge in [-0.15, -0.1) is 0 Å². The Morgan fingerprint density at radius 2 is 1.76 bits per heavy atom. The first-order valence-corrected chi connectivity index (χ1v) is 8.32. The number of methoxy groups -OCH3 is 1. The van der Waals surface area contributed by atoms with Crippen molar-refractivity contribution in [1.82, 2.24) is 5.32 Å². The third-order valence-electron chi connectivity index (χ3n) is 4.55. The van der Waals surface area contributed by atoms with Crippen LogP contribution in [0.3, 0.4) is 0 Å². The van der Waals surface area contributed by atoms with Gasteiger partial charge in [0.05, 0.1) is 12.6 Å². The summed E-state index contributed by atoms with van der Waals surface area (Å²) in [4.78, 5) is 12.4. The summed E-state index contributed by atoms with van der Waals surface area (Å²) in [6.45, 7) is 1.06. The number of urea groups is 1. The zero-order chi connectivity index (χ0) is 17.3.